The monoisotopic (exact) mass is 391 g/mol. The molecule has 0 saturated heterocycles. The van der Waals surface area contributed by atoms with E-state index in [0.29, 0.717) is 5.56 Å². The molecule has 1 aromatic carbocycles. The van der Waals surface area contributed by atoms with Crippen LogP contribution in [-0.2, 0) is 21.2 Å². The van der Waals surface area contributed by atoms with Crippen molar-refractivity contribution in [2.45, 2.75) is 31.3 Å². The number of halogens is 3. The summed E-state index contributed by atoms with van der Waals surface area (Å²) in [5.74, 6) is -0.640. The molecule has 1 heterocycles. The number of nitrogens with zero attached hydrogens (tertiary/aromatic N) is 1. The average molecular weight is 391 g/mol. The molecule has 0 radical (unpaired) electrons. The molecule has 11 heteroatoms. The van der Waals surface area contributed by atoms with Gasteiger partial charge in [0, 0.05) is 5.69 Å². The van der Waals surface area contributed by atoms with Gasteiger partial charge in [-0.15, -0.1) is 0 Å². The van der Waals surface area contributed by atoms with E-state index in [1.807, 2.05) is 0 Å². The van der Waals surface area contributed by atoms with Crippen molar-refractivity contribution in [1.82, 2.24) is 10.5 Å². The van der Waals surface area contributed by atoms with Gasteiger partial charge in [-0.3, -0.25) is 9.52 Å². The highest BCUT2D eigenvalue weighted by Gasteiger charge is 2.27. The number of hydrogen-bond acceptors (Lipinski definition) is 5. The minimum Gasteiger partial charge on any atom is -0.360 e. The standard InChI is InChI=1S/C15H16F3N3O4S/c1-9-14(10(2)25-20-9)26(23,24)21-12-5-3-11(4-6-12)7-13(22)19-8-15(16,17)18/h3-6,21H,7-8H2,1-2H3,(H,19,22). The van der Waals surface area contributed by atoms with Gasteiger partial charge in [-0.2, -0.15) is 13.2 Å². The van der Waals surface area contributed by atoms with Gasteiger partial charge in [-0.05, 0) is 31.5 Å². The third kappa shape index (κ3) is 5.22. The molecule has 142 valence electrons. The lowest BCUT2D eigenvalue weighted by Crippen LogP contribution is -2.34. The Morgan fingerprint density at radius 3 is 2.31 bits per heavy atom. The van der Waals surface area contributed by atoms with Gasteiger partial charge < -0.3 is 9.84 Å². The molecule has 26 heavy (non-hydrogen) atoms. The van der Waals surface area contributed by atoms with Crippen LogP contribution < -0.4 is 10.0 Å². The van der Waals surface area contributed by atoms with Crippen LogP contribution in [0.4, 0.5) is 18.9 Å². The maximum absolute atomic E-state index is 12.4. The smallest absolute Gasteiger partial charge is 0.360 e. The van der Waals surface area contributed by atoms with Crippen LogP contribution in [0.1, 0.15) is 17.0 Å². The summed E-state index contributed by atoms with van der Waals surface area (Å²) in [6.45, 7) is 1.56. The van der Waals surface area contributed by atoms with Crippen molar-refractivity contribution in [1.29, 1.82) is 0 Å². The SMILES string of the molecule is Cc1noc(C)c1S(=O)(=O)Nc1ccc(CC(=O)NCC(F)(F)F)cc1. The predicted molar refractivity (Wildman–Crippen MR) is 86.0 cm³/mol. The zero-order valence-electron chi connectivity index (χ0n) is 13.8. The first-order valence-electron chi connectivity index (χ1n) is 7.36. The average Bonchev–Trinajstić information content (AvgIpc) is 2.86. The van der Waals surface area contributed by atoms with E-state index in [4.69, 9.17) is 4.52 Å². The largest absolute Gasteiger partial charge is 0.405 e. The molecule has 1 amide bonds. The molecule has 0 spiro atoms. The molecule has 0 saturated carbocycles. The lowest BCUT2D eigenvalue weighted by Gasteiger charge is -2.10. The topological polar surface area (TPSA) is 101 Å². The zero-order chi connectivity index (χ0) is 19.5. The fraction of sp³-hybridized carbons (Fsp3) is 0.333. The summed E-state index contributed by atoms with van der Waals surface area (Å²) < 4.78 is 68.1. The van der Waals surface area contributed by atoms with Gasteiger partial charge in [-0.25, -0.2) is 8.42 Å². The van der Waals surface area contributed by atoms with E-state index in [-0.39, 0.29) is 28.5 Å². The van der Waals surface area contributed by atoms with E-state index >= 15 is 0 Å². The fourth-order valence-electron chi connectivity index (χ4n) is 2.20. The first-order chi connectivity index (χ1) is 12.0. The van der Waals surface area contributed by atoms with E-state index < -0.39 is 28.7 Å². The first-order valence-corrected chi connectivity index (χ1v) is 8.84. The summed E-state index contributed by atoms with van der Waals surface area (Å²) in [6.07, 6.45) is -4.73. The first kappa shape index (κ1) is 19.8. The number of anilines is 1. The van der Waals surface area contributed by atoms with Crippen molar-refractivity contribution in [3.63, 3.8) is 0 Å². The van der Waals surface area contributed by atoms with Gasteiger partial charge in [0.1, 0.15) is 12.2 Å². The van der Waals surface area contributed by atoms with Crippen molar-refractivity contribution in [2.24, 2.45) is 0 Å². The second-order valence-electron chi connectivity index (χ2n) is 5.52. The van der Waals surface area contributed by atoms with Crippen molar-refractivity contribution in [3.8, 4) is 0 Å². The van der Waals surface area contributed by atoms with E-state index in [1.54, 1.807) is 5.32 Å². The number of hydrogen-bond donors (Lipinski definition) is 2. The van der Waals surface area contributed by atoms with Crippen LogP contribution in [0.25, 0.3) is 0 Å². The highest BCUT2D eigenvalue weighted by atomic mass is 32.2. The number of aromatic nitrogens is 1. The number of alkyl halides is 3. The van der Waals surface area contributed by atoms with Gasteiger partial charge in [0.25, 0.3) is 10.0 Å². The lowest BCUT2D eigenvalue weighted by molar-refractivity contribution is -0.138. The number of nitrogens with one attached hydrogen (secondary N) is 2. The van der Waals surface area contributed by atoms with Crippen molar-refractivity contribution in [3.05, 3.63) is 41.3 Å². The number of carbonyl (C=O) groups excluding carboxylic acids is 1. The molecular weight excluding hydrogens is 375 g/mol. The Labute approximate surface area is 147 Å². The van der Waals surface area contributed by atoms with E-state index in [2.05, 4.69) is 9.88 Å². The highest BCUT2D eigenvalue weighted by molar-refractivity contribution is 7.92. The Kier molecular flexibility index (Phi) is 5.59. The van der Waals surface area contributed by atoms with E-state index in [0.717, 1.165) is 0 Å². The summed E-state index contributed by atoms with van der Waals surface area (Å²) in [5.41, 5.74) is 0.877. The van der Waals surface area contributed by atoms with E-state index in [9.17, 15) is 26.4 Å². The quantitative estimate of drug-likeness (QED) is 0.787. The minimum atomic E-state index is -4.48. The summed E-state index contributed by atoms with van der Waals surface area (Å²) >= 11 is 0. The predicted octanol–water partition coefficient (Wildman–Crippen LogP) is 2.31. The van der Waals surface area contributed by atoms with Crippen LogP contribution in [-0.4, -0.2) is 32.2 Å². The van der Waals surface area contributed by atoms with Crippen molar-refractivity contribution in [2.75, 3.05) is 11.3 Å². The van der Waals surface area contributed by atoms with Crippen LogP contribution in [0.2, 0.25) is 0 Å². The Bertz CT molecular complexity index is 870. The van der Waals surface area contributed by atoms with Crippen LogP contribution in [0.15, 0.2) is 33.7 Å². The molecular formula is C15H16F3N3O4S. The lowest BCUT2D eigenvalue weighted by atomic mass is 10.1. The molecule has 0 fully saturated rings. The van der Waals surface area contributed by atoms with Crippen LogP contribution in [0, 0.1) is 13.8 Å². The maximum Gasteiger partial charge on any atom is 0.405 e. The highest BCUT2D eigenvalue weighted by Crippen LogP contribution is 2.22. The molecule has 2 rings (SSSR count). The Morgan fingerprint density at radius 1 is 1.19 bits per heavy atom. The van der Waals surface area contributed by atoms with Crippen LogP contribution in [0.3, 0.4) is 0 Å². The summed E-state index contributed by atoms with van der Waals surface area (Å²) in [5, 5.41) is 5.35. The van der Waals surface area contributed by atoms with Gasteiger partial charge in [0.05, 0.1) is 6.42 Å². The second kappa shape index (κ2) is 7.36. The van der Waals surface area contributed by atoms with Crippen LogP contribution in [0.5, 0.6) is 0 Å². The van der Waals surface area contributed by atoms with Crippen LogP contribution >= 0.6 is 0 Å². The molecule has 2 N–H and O–H groups in total. The van der Waals surface area contributed by atoms with E-state index in [1.165, 1.54) is 38.1 Å². The summed E-state index contributed by atoms with van der Waals surface area (Å²) in [7, 11) is -3.90. The van der Waals surface area contributed by atoms with Gasteiger partial charge in [0.2, 0.25) is 5.91 Å². The zero-order valence-corrected chi connectivity index (χ0v) is 14.7. The summed E-state index contributed by atoms with van der Waals surface area (Å²) in [4.78, 5) is 11.4. The molecule has 0 bridgehead atoms. The molecule has 7 nitrogen and oxygen atoms in total. The van der Waals surface area contributed by atoms with Crippen molar-refractivity contribution < 1.29 is 30.9 Å². The minimum absolute atomic E-state index is 0.0619. The number of sulfonamides is 1. The molecule has 2 aromatic rings. The Morgan fingerprint density at radius 2 is 1.81 bits per heavy atom. The third-order valence-electron chi connectivity index (χ3n) is 3.29. The fourth-order valence-corrected chi connectivity index (χ4v) is 3.59. The van der Waals surface area contributed by atoms with Gasteiger partial charge in [-0.1, -0.05) is 17.3 Å². The number of benzene rings is 1. The molecule has 0 atom stereocenters. The van der Waals surface area contributed by atoms with Gasteiger partial charge >= 0.3 is 6.18 Å². The number of carbonyl (C=O) groups is 1. The molecule has 0 aliphatic rings. The third-order valence-corrected chi connectivity index (χ3v) is 4.92. The molecule has 0 aliphatic carbocycles. The molecule has 1 aromatic heterocycles. The normalized spacial score (nSPS) is 12.0. The number of rotatable bonds is 6. The second-order valence-corrected chi connectivity index (χ2v) is 7.14. The maximum atomic E-state index is 12.4. The molecule has 0 aliphatic heterocycles. The Hall–Kier alpha value is -2.56. The summed E-state index contributed by atoms with van der Waals surface area (Å²) in [6, 6.07) is 5.70. The van der Waals surface area contributed by atoms with Crippen molar-refractivity contribution >= 4 is 21.6 Å². The Balaban J connectivity index is 2.02. The molecule has 0 unspecified atom stereocenters. The number of aryl methyl sites for hydroxylation is 2. The van der Waals surface area contributed by atoms with Gasteiger partial charge in [0.15, 0.2) is 10.7 Å². The number of amides is 1.